The van der Waals surface area contributed by atoms with Gasteiger partial charge in [-0.2, -0.15) is 0 Å². The molecule has 18 heteroatoms. The van der Waals surface area contributed by atoms with Gasteiger partial charge in [0.2, 0.25) is 5.12 Å². The maximum Gasteiger partial charge on any atom is 0.321 e. The third-order valence-electron chi connectivity index (χ3n) is 5.83. The monoisotopic (exact) mass is 641 g/mol. The van der Waals surface area contributed by atoms with E-state index in [4.69, 9.17) is 19.9 Å². The predicted octanol–water partition coefficient (Wildman–Crippen LogP) is -1.05. The molecular weight excluding hydrogens is 608 g/mol. The van der Waals surface area contributed by atoms with E-state index in [0.29, 0.717) is 37.9 Å². The minimum Gasteiger partial charge on any atom is -0.480 e. The van der Waals surface area contributed by atoms with Crippen LogP contribution in [0, 0.1) is 14.1 Å². The second-order valence-corrected chi connectivity index (χ2v) is 11.5. The fourth-order valence-corrected chi connectivity index (χ4v) is 8.82. The third kappa shape index (κ3) is 6.74. The van der Waals surface area contributed by atoms with Crippen molar-refractivity contribution in [2.75, 3.05) is 64.4 Å². The SMILES string of the molecule is [CH2-]NCCNC12SCC(C(=O)O)N1CN2OC.[CH2-]NCCSC12SCC(C(=O)O)N1CN2OC.[V].[V]. The van der Waals surface area contributed by atoms with E-state index in [1.807, 2.05) is 14.9 Å². The minimum absolute atomic E-state index is 0. The zero-order valence-electron chi connectivity index (χ0n) is 20.2. The van der Waals surface area contributed by atoms with E-state index in [0.717, 1.165) is 12.3 Å². The summed E-state index contributed by atoms with van der Waals surface area (Å²) < 4.78 is -0.366. The Bertz CT molecular complexity index is 683. The maximum absolute atomic E-state index is 11.1. The Hall–Kier alpha value is 0.799. The predicted molar refractivity (Wildman–Crippen MR) is 132 cm³/mol. The third-order valence-corrected chi connectivity index (χ3v) is 10.5. The van der Waals surface area contributed by atoms with Crippen molar-refractivity contribution in [1.29, 1.82) is 0 Å². The second kappa shape index (κ2) is 15.6. The summed E-state index contributed by atoms with van der Waals surface area (Å²) in [6, 6.07) is -0.863. The van der Waals surface area contributed by atoms with Crippen molar-refractivity contribution < 1.29 is 66.6 Å². The minimum atomic E-state index is -0.785. The van der Waals surface area contributed by atoms with E-state index < -0.39 is 29.1 Å². The van der Waals surface area contributed by atoms with Gasteiger partial charge in [0.25, 0.3) is 0 Å². The molecule has 4 saturated heterocycles. The summed E-state index contributed by atoms with van der Waals surface area (Å²) in [6.07, 6.45) is 0. The first-order chi connectivity index (χ1) is 16.3. The molecule has 4 atom stereocenters. The average molecular weight is 642 g/mol. The van der Waals surface area contributed by atoms with E-state index in [2.05, 4.69) is 30.0 Å². The van der Waals surface area contributed by atoms with Gasteiger partial charge in [-0.05, 0) is 13.1 Å². The number of thioether (sulfide) groups is 3. The number of aliphatic carboxylic acids is 2. The van der Waals surface area contributed by atoms with Crippen LogP contribution >= 0.6 is 35.3 Å². The largest absolute Gasteiger partial charge is 0.480 e. The zero-order chi connectivity index (χ0) is 24.9. The van der Waals surface area contributed by atoms with Crippen LogP contribution in [0.15, 0.2) is 0 Å². The number of rotatable bonds is 12. The number of hydrogen-bond donors (Lipinski definition) is 5. The normalized spacial score (nSPS) is 31.6. The van der Waals surface area contributed by atoms with Crippen LogP contribution in [0.2, 0.25) is 0 Å². The van der Waals surface area contributed by atoms with Gasteiger partial charge in [0.05, 0.1) is 27.6 Å². The summed E-state index contributed by atoms with van der Waals surface area (Å²) in [7, 11) is 10.3. The van der Waals surface area contributed by atoms with E-state index in [-0.39, 0.29) is 41.4 Å². The molecule has 4 heterocycles. The Kier molecular flexibility index (Phi) is 15.0. The molecule has 36 heavy (non-hydrogen) atoms. The summed E-state index contributed by atoms with van der Waals surface area (Å²) >= 11 is 4.85. The molecule has 206 valence electrons. The van der Waals surface area contributed by atoms with Gasteiger partial charge in [0.1, 0.15) is 12.1 Å². The van der Waals surface area contributed by atoms with Gasteiger partial charge in [-0.15, -0.1) is 45.4 Å². The summed E-state index contributed by atoms with van der Waals surface area (Å²) in [5, 5.41) is 30.2. The Labute approximate surface area is 248 Å². The Morgan fingerprint density at radius 2 is 1.50 bits per heavy atom. The molecule has 0 aromatic heterocycles. The van der Waals surface area contributed by atoms with Crippen LogP contribution in [-0.4, -0.2) is 128 Å². The van der Waals surface area contributed by atoms with Gasteiger partial charge >= 0.3 is 11.9 Å². The van der Waals surface area contributed by atoms with Crippen LogP contribution in [0.1, 0.15) is 0 Å². The Morgan fingerprint density at radius 1 is 0.944 bits per heavy atom. The van der Waals surface area contributed by atoms with Gasteiger partial charge in [0.15, 0.2) is 4.33 Å². The van der Waals surface area contributed by atoms with Crippen LogP contribution in [0.5, 0.6) is 0 Å². The standard InChI is InChI=1S/C9H17N4O3S.C9H16N3O3S2.2V/c1-10-3-4-11-9-12(6-13(9)16-2)7(5-17-9)8(14)15;1-10-3-4-16-9-11(6-12(9)15-2)7(5-17-9)8(13)14;;/h7,10-11H,1,3-6H2,2H3,(H,14,15);7,10H,1,3-6H2,2H3,(H,13,14);;/q2*-1;;. The van der Waals surface area contributed by atoms with Gasteiger partial charge in [-0.25, -0.2) is 9.80 Å². The molecule has 2 radical (unpaired) electrons. The van der Waals surface area contributed by atoms with Crippen molar-refractivity contribution in [2.45, 2.75) is 21.5 Å². The number of fused-ring (bicyclic) bond motifs is 2. The molecule has 0 spiro atoms. The molecule has 0 saturated carbocycles. The number of hydrogen-bond acceptors (Lipinski definition) is 14. The summed E-state index contributed by atoms with van der Waals surface area (Å²) in [4.78, 5) is 36.6. The first kappa shape index (κ1) is 34.8. The first-order valence-electron chi connectivity index (χ1n) is 10.6. The van der Waals surface area contributed by atoms with Crippen molar-refractivity contribution >= 4 is 47.2 Å². The van der Waals surface area contributed by atoms with Crippen LogP contribution < -0.4 is 16.0 Å². The number of carbonyl (C=O) groups is 2. The summed E-state index contributed by atoms with van der Waals surface area (Å²) in [5.74, 6) is 0.470. The van der Waals surface area contributed by atoms with Gasteiger partial charge in [-0.1, -0.05) is 0 Å². The molecule has 0 aromatic carbocycles. The van der Waals surface area contributed by atoms with Crippen molar-refractivity contribution in [3.63, 3.8) is 0 Å². The number of hydroxylamine groups is 4. The van der Waals surface area contributed by atoms with Crippen LogP contribution in [0.3, 0.4) is 0 Å². The fraction of sp³-hybridized carbons (Fsp3) is 0.778. The Balaban J connectivity index is 0.000000341. The fourth-order valence-electron chi connectivity index (χ4n) is 4.03. The zero-order valence-corrected chi connectivity index (χ0v) is 25.4. The van der Waals surface area contributed by atoms with Crippen LogP contribution in [-0.2, 0) is 56.4 Å². The number of carboxylic acids is 2. The Morgan fingerprint density at radius 3 is 2.06 bits per heavy atom. The molecular formula is C18H33N7O6S3V2-2. The topological polar surface area (TPSA) is 142 Å². The van der Waals surface area contributed by atoms with Gasteiger partial charge in [-0.3, -0.25) is 38.7 Å². The molecule has 5 N–H and O–H groups in total. The van der Waals surface area contributed by atoms with E-state index in [1.165, 1.54) is 0 Å². The quantitative estimate of drug-likeness (QED) is 0.131. The molecule has 4 aliphatic rings. The van der Waals surface area contributed by atoms with Crippen molar-refractivity contribution in [2.24, 2.45) is 0 Å². The summed E-state index contributed by atoms with van der Waals surface area (Å²) in [5.41, 5.74) is 0. The van der Waals surface area contributed by atoms with Crippen LogP contribution in [0.25, 0.3) is 0 Å². The molecule has 0 bridgehead atoms. The maximum atomic E-state index is 11.1. The van der Waals surface area contributed by atoms with E-state index >= 15 is 0 Å². The molecule has 4 rings (SSSR count). The van der Waals surface area contributed by atoms with Crippen LogP contribution in [0.4, 0.5) is 0 Å². The number of nitrogens with zero attached hydrogens (tertiary/aromatic N) is 4. The molecule has 13 nitrogen and oxygen atoms in total. The van der Waals surface area contributed by atoms with Gasteiger partial charge < -0.3 is 20.8 Å². The average Bonchev–Trinajstić information content (AvgIpc) is 3.23. The van der Waals surface area contributed by atoms with Crippen molar-refractivity contribution in [3.8, 4) is 0 Å². The number of nitrogens with one attached hydrogen (secondary N) is 3. The van der Waals surface area contributed by atoms with Crippen molar-refractivity contribution in [3.05, 3.63) is 14.1 Å². The van der Waals surface area contributed by atoms with E-state index in [9.17, 15) is 9.59 Å². The molecule has 4 aliphatic heterocycles. The van der Waals surface area contributed by atoms with Gasteiger partial charge in [0, 0.05) is 60.9 Å². The first-order valence-corrected chi connectivity index (χ1v) is 13.6. The second-order valence-electron chi connectivity index (χ2n) is 7.61. The van der Waals surface area contributed by atoms with Crippen molar-refractivity contribution in [1.82, 2.24) is 35.9 Å². The van der Waals surface area contributed by atoms with E-state index in [1.54, 1.807) is 54.6 Å². The molecule has 4 unspecified atom stereocenters. The summed E-state index contributed by atoms with van der Waals surface area (Å²) in [6.45, 7) is 3.25. The smallest absolute Gasteiger partial charge is 0.321 e. The molecule has 0 aromatic rings. The molecule has 0 aliphatic carbocycles. The molecule has 0 amide bonds. The molecule has 4 fully saturated rings. The number of carboxylic acid groups (broad SMARTS) is 2.